The molecule has 1 aromatic rings. The van der Waals surface area contributed by atoms with Gasteiger partial charge in [0, 0.05) is 6.04 Å². The fraction of sp³-hybridized carbons (Fsp3) is 0.600. The normalized spacial score (nSPS) is 27.8. The Morgan fingerprint density at radius 3 is 2.67 bits per heavy atom. The number of piperidine rings is 1. The quantitative estimate of drug-likeness (QED) is 0.866. The van der Waals surface area contributed by atoms with Crippen LogP contribution in [0.4, 0.5) is 4.39 Å². The van der Waals surface area contributed by atoms with E-state index in [1.54, 1.807) is 12.1 Å². The summed E-state index contributed by atoms with van der Waals surface area (Å²) in [5, 5.41) is 14.1. The van der Waals surface area contributed by atoms with Crippen molar-refractivity contribution in [1.29, 1.82) is 0 Å². The minimum Gasteiger partial charge on any atom is -0.384 e. The smallest absolute Gasteiger partial charge is 0.123 e. The highest BCUT2D eigenvalue weighted by Crippen LogP contribution is 2.32. The maximum Gasteiger partial charge on any atom is 0.123 e. The van der Waals surface area contributed by atoms with Crippen LogP contribution in [0, 0.1) is 11.7 Å². The van der Waals surface area contributed by atoms with E-state index in [0.29, 0.717) is 5.92 Å². The Hall–Kier alpha value is -0.930. The number of rotatable bonds is 3. The molecule has 100 valence electrons. The number of benzene rings is 1. The Kier molecular flexibility index (Phi) is 4.03. The lowest BCUT2D eigenvalue weighted by molar-refractivity contribution is -0.00313. The second-order valence-electron chi connectivity index (χ2n) is 5.46. The number of halogens is 1. The second kappa shape index (κ2) is 5.37. The number of hydrogen-bond acceptors (Lipinski definition) is 2. The topological polar surface area (TPSA) is 32.3 Å². The molecule has 18 heavy (non-hydrogen) atoms. The van der Waals surface area contributed by atoms with E-state index < -0.39 is 5.60 Å². The largest absolute Gasteiger partial charge is 0.384 e. The average Bonchev–Trinajstić information content (AvgIpc) is 2.39. The lowest BCUT2D eigenvalue weighted by Gasteiger charge is -2.39. The molecule has 2 rings (SSSR count). The molecular formula is C15H22FNO. The molecule has 1 fully saturated rings. The van der Waals surface area contributed by atoms with Gasteiger partial charge in [0.05, 0.1) is 0 Å². The molecule has 3 atom stereocenters. The molecule has 0 aliphatic carbocycles. The SMILES string of the molecule is CCC1CCNC(C(C)(O)c2ccc(F)cc2)C1. The van der Waals surface area contributed by atoms with E-state index in [0.717, 1.165) is 24.9 Å². The van der Waals surface area contributed by atoms with Gasteiger partial charge in [0.25, 0.3) is 0 Å². The van der Waals surface area contributed by atoms with E-state index in [4.69, 9.17) is 0 Å². The maximum atomic E-state index is 12.9. The summed E-state index contributed by atoms with van der Waals surface area (Å²) < 4.78 is 12.9. The molecule has 1 saturated heterocycles. The Morgan fingerprint density at radius 1 is 1.39 bits per heavy atom. The number of hydrogen-bond donors (Lipinski definition) is 2. The summed E-state index contributed by atoms with van der Waals surface area (Å²) in [6.07, 6.45) is 3.30. The van der Waals surface area contributed by atoms with Crippen molar-refractivity contribution >= 4 is 0 Å². The van der Waals surface area contributed by atoms with Crippen LogP contribution in [0.2, 0.25) is 0 Å². The van der Waals surface area contributed by atoms with E-state index in [1.807, 2.05) is 6.92 Å². The Balaban J connectivity index is 2.16. The van der Waals surface area contributed by atoms with Crippen molar-refractivity contribution in [3.8, 4) is 0 Å². The summed E-state index contributed by atoms with van der Waals surface area (Å²) in [6, 6.07) is 6.20. The Labute approximate surface area is 108 Å². The molecule has 2 N–H and O–H groups in total. The minimum absolute atomic E-state index is 0.0432. The van der Waals surface area contributed by atoms with Gasteiger partial charge in [-0.15, -0.1) is 0 Å². The third kappa shape index (κ3) is 2.73. The molecule has 1 aliphatic heterocycles. The highest BCUT2D eigenvalue weighted by molar-refractivity contribution is 5.24. The van der Waals surface area contributed by atoms with Gasteiger partial charge in [-0.2, -0.15) is 0 Å². The van der Waals surface area contributed by atoms with Crippen LogP contribution in [0.15, 0.2) is 24.3 Å². The summed E-state index contributed by atoms with van der Waals surface area (Å²) in [5.41, 5.74) is -0.167. The molecule has 0 saturated carbocycles. The van der Waals surface area contributed by atoms with Gasteiger partial charge in [-0.05, 0) is 49.9 Å². The zero-order chi connectivity index (χ0) is 13.2. The molecule has 1 heterocycles. The van der Waals surface area contributed by atoms with Gasteiger partial charge >= 0.3 is 0 Å². The van der Waals surface area contributed by atoms with Crippen molar-refractivity contribution in [3.05, 3.63) is 35.6 Å². The van der Waals surface area contributed by atoms with Crippen molar-refractivity contribution < 1.29 is 9.50 Å². The van der Waals surface area contributed by atoms with E-state index in [9.17, 15) is 9.50 Å². The first-order chi connectivity index (χ1) is 8.54. The number of nitrogens with one attached hydrogen (secondary N) is 1. The minimum atomic E-state index is -0.943. The van der Waals surface area contributed by atoms with E-state index in [-0.39, 0.29) is 11.9 Å². The molecular weight excluding hydrogens is 229 g/mol. The zero-order valence-corrected chi connectivity index (χ0v) is 11.1. The molecule has 1 aliphatic rings. The van der Waals surface area contributed by atoms with Crippen molar-refractivity contribution in [2.45, 2.75) is 44.8 Å². The van der Waals surface area contributed by atoms with Gasteiger partial charge in [-0.25, -0.2) is 4.39 Å². The molecule has 0 amide bonds. The lowest BCUT2D eigenvalue weighted by atomic mass is 9.79. The fourth-order valence-corrected chi connectivity index (χ4v) is 2.78. The predicted molar refractivity (Wildman–Crippen MR) is 70.8 cm³/mol. The van der Waals surface area contributed by atoms with Crippen molar-refractivity contribution in [2.75, 3.05) is 6.54 Å². The highest BCUT2D eigenvalue weighted by Gasteiger charge is 2.36. The van der Waals surface area contributed by atoms with Gasteiger partial charge in [0.1, 0.15) is 11.4 Å². The third-order valence-corrected chi connectivity index (χ3v) is 4.20. The highest BCUT2D eigenvalue weighted by atomic mass is 19.1. The van der Waals surface area contributed by atoms with Gasteiger partial charge in [-0.1, -0.05) is 25.5 Å². The summed E-state index contributed by atoms with van der Waals surface area (Å²) in [6.45, 7) is 4.95. The predicted octanol–water partition coefficient (Wildman–Crippen LogP) is 2.81. The standard InChI is InChI=1S/C15H22FNO/c1-3-11-8-9-17-14(10-11)15(2,18)12-4-6-13(16)7-5-12/h4-7,11,14,17-18H,3,8-10H2,1-2H3. The summed E-state index contributed by atoms with van der Waals surface area (Å²) in [4.78, 5) is 0. The molecule has 0 bridgehead atoms. The molecule has 0 spiro atoms. The lowest BCUT2D eigenvalue weighted by Crippen LogP contribution is -2.51. The molecule has 3 unspecified atom stereocenters. The number of aliphatic hydroxyl groups is 1. The Bertz CT molecular complexity index is 388. The van der Waals surface area contributed by atoms with E-state index in [1.165, 1.54) is 18.6 Å². The summed E-state index contributed by atoms with van der Waals surface area (Å²) in [5.74, 6) is 0.403. The van der Waals surface area contributed by atoms with Gasteiger partial charge in [-0.3, -0.25) is 0 Å². The van der Waals surface area contributed by atoms with Crippen LogP contribution >= 0.6 is 0 Å². The molecule has 0 radical (unpaired) electrons. The first-order valence-electron chi connectivity index (χ1n) is 6.75. The first kappa shape index (κ1) is 13.5. The van der Waals surface area contributed by atoms with Crippen LogP contribution in [0.1, 0.15) is 38.7 Å². The van der Waals surface area contributed by atoms with Crippen LogP contribution in [0.5, 0.6) is 0 Å². The third-order valence-electron chi connectivity index (χ3n) is 4.20. The van der Waals surface area contributed by atoms with Crippen LogP contribution in [0.25, 0.3) is 0 Å². The molecule has 1 aromatic carbocycles. The van der Waals surface area contributed by atoms with Gasteiger partial charge in [0.15, 0.2) is 0 Å². The van der Waals surface area contributed by atoms with Crippen LogP contribution < -0.4 is 5.32 Å². The summed E-state index contributed by atoms with van der Waals surface area (Å²) >= 11 is 0. The van der Waals surface area contributed by atoms with Crippen LogP contribution in [0.3, 0.4) is 0 Å². The fourth-order valence-electron chi connectivity index (χ4n) is 2.78. The van der Waals surface area contributed by atoms with Gasteiger partial charge in [0.2, 0.25) is 0 Å². The molecule has 2 nitrogen and oxygen atoms in total. The van der Waals surface area contributed by atoms with Crippen molar-refractivity contribution in [3.63, 3.8) is 0 Å². The van der Waals surface area contributed by atoms with Crippen molar-refractivity contribution in [1.82, 2.24) is 5.32 Å². The first-order valence-corrected chi connectivity index (χ1v) is 6.75. The Morgan fingerprint density at radius 2 is 2.06 bits per heavy atom. The molecule has 0 aromatic heterocycles. The second-order valence-corrected chi connectivity index (χ2v) is 5.46. The summed E-state index contributed by atoms with van der Waals surface area (Å²) in [7, 11) is 0. The van der Waals surface area contributed by atoms with Crippen LogP contribution in [-0.2, 0) is 5.60 Å². The van der Waals surface area contributed by atoms with Crippen molar-refractivity contribution in [2.24, 2.45) is 5.92 Å². The monoisotopic (exact) mass is 251 g/mol. The maximum absolute atomic E-state index is 12.9. The van der Waals surface area contributed by atoms with Gasteiger partial charge < -0.3 is 10.4 Å². The molecule has 3 heteroatoms. The zero-order valence-electron chi connectivity index (χ0n) is 11.1. The van der Waals surface area contributed by atoms with Crippen LogP contribution in [-0.4, -0.2) is 17.7 Å². The average molecular weight is 251 g/mol. The van der Waals surface area contributed by atoms with E-state index >= 15 is 0 Å². The van der Waals surface area contributed by atoms with E-state index in [2.05, 4.69) is 12.2 Å².